The number of hydrogen-bond acceptors (Lipinski definition) is 6. The van der Waals surface area contributed by atoms with Gasteiger partial charge in [-0.2, -0.15) is 8.75 Å². The molecule has 3 N–H and O–H groups in total. The minimum absolute atomic E-state index is 0.0218. The lowest BCUT2D eigenvalue weighted by Gasteiger charge is -2.05. The first kappa shape index (κ1) is 12.1. The third-order valence-electron chi connectivity index (χ3n) is 1.87. The van der Waals surface area contributed by atoms with Crippen LogP contribution < -0.4 is 10.5 Å². The summed E-state index contributed by atoms with van der Waals surface area (Å²) in [7, 11) is -3.71. The molecule has 0 amide bonds. The van der Waals surface area contributed by atoms with Gasteiger partial charge >= 0.3 is 0 Å². The molecule has 2 aromatic rings. The van der Waals surface area contributed by atoms with Crippen LogP contribution in [-0.2, 0) is 10.0 Å². The van der Waals surface area contributed by atoms with Crippen molar-refractivity contribution in [2.75, 3.05) is 10.5 Å². The molecule has 0 fully saturated rings. The van der Waals surface area contributed by atoms with Crippen molar-refractivity contribution in [3.05, 3.63) is 29.4 Å². The average Bonchev–Trinajstić information content (AvgIpc) is 2.64. The van der Waals surface area contributed by atoms with Crippen LogP contribution in [0.2, 0.25) is 5.15 Å². The van der Waals surface area contributed by atoms with Gasteiger partial charge in [-0.1, -0.05) is 11.6 Å². The number of hydrogen-bond donors (Lipinski definition) is 2. The van der Waals surface area contributed by atoms with Crippen molar-refractivity contribution in [1.82, 2.24) is 8.75 Å². The second kappa shape index (κ2) is 4.47. The van der Waals surface area contributed by atoms with E-state index in [0.29, 0.717) is 5.69 Å². The van der Waals surface area contributed by atoms with Gasteiger partial charge in [0.1, 0.15) is 0 Å². The lowest BCUT2D eigenvalue weighted by atomic mass is 10.3. The van der Waals surface area contributed by atoms with E-state index in [1.807, 2.05) is 0 Å². The van der Waals surface area contributed by atoms with Gasteiger partial charge in [0.2, 0.25) is 0 Å². The van der Waals surface area contributed by atoms with Crippen molar-refractivity contribution in [1.29, 1.82) is 0 Å². The smallest absolute Gasteiger partial charge is 0.263 e. The minimum Gasteiger partial charge on any atom is -0.399 e. The van der Waals surface area contributed by atoms with Crippen molar-refractivity contribution >= 4 is 44.9 Å². The van der Waals surface area contributed by atoms with Gasteiger partial charge in [0.05, 0.1) is 16.6 Å². The minimum atomic E-state index is -3.71. The maximum atomic E-state index is 11.9. The Morgan fingerprint density at radius 2 is 1.88 bits per heavy atom. The number of nitrogens with two attached hydrogens (primary N) is 1. The highest BCUT2D eigenvalue weighted by atomic mass is 35.5. The van der Waals surface area contributed by atoms with Crippen molar-refractivity contribution in [3.8, 4) is 0 Å². The Labute approximate surface area is 107 Å². The molecule has 0 aliphatic rings. The first-order valence-electron chi connectivity index (χ1n) is 4.35. The molecule has 0 aliphatic carbocycles. The first-order valence-corrected chi connectivity index (χ1v) is 6.94. The van der Waals surface area contributed by atoms with Crippen molar-refractivity contribution in [2.45, 2.75) is 4.90 Å². The molecular formula is C8H7ClN4O2S2. The summed E-state index contributed by atoms with van der Waals surface area (Å²) in [6, 6.07) is 5.78. The predicted octanol–water partition coefficient (Wildman–Crippen LogP) is 1.57. The van der Waals surface area contributed by atoms with E-state index in [-0.39, 0.29) is 15.9 Å². The highest BCUT2D eigenvalue weighted by molar-refractivity contribution is 7.92. The molecule has 0 atom stereocenters. The quantitative estimate of drug-likeness (QED) is 0.836. The summed E-state index contributed by atoms with van der Waals surface area (Å²) in [5.74, 6) is 0.0218. The fourth-order valence-electron chi connectivity index (χ4n) is 1.07. The highest BCUT2D eigenvalue weighted by Gasteiger charge is 2.17. The highest BCUT2D eigenvalue weighted by Crippen LogP contribution is 2.22. The molecule has 1 aromatic carbocycles. The van der Waals surface area contributed by atoms with Crippen LogP contribution in [0, 0.1) is 0 Å². The van der Waals surface area contributed by atoms with Gasteiger partial charge in [-0.05, 0) is 24.3 Å². The van der Waals surface area contributed by atoms with Gasteiger partial charge in [0, 0.05) is 5.69 Å². The number of halogens is 1. The van der Waals surface area contributed by atoms with Crippen LogP contribution in [0.4, 0.5) is 11.5 Å². The molecule has 0 unspecified atom stereocenters. The number of anilines is 2. The molecule has 0 spiro atoms. The molecule has 0 saturated heterocycles. The maximum absolute atomic E-state index is 11.9. The monoisotopic (exact) mass is 290 g/mol. The fourth-order valence-corrected chi connectivity index (χ4v) is 2.84. The summed E-state index contributed by atoms with van der Waals surface area (Å²) in [5.41, 5.74) is 5.96. The second-order valence-electron chi connectivity index (χ2n) is 3.08. The summed E-state index contributed by atoms with van der Waals surface area (Å²) in [5, 5.41) is 0.0222. The van der Waals surface area contributed by atoms with Crippen LogP contribution in [-0.4, -0.2) is 17.2 Å². The molecule has 1 aromatic heterocycles. The molecular weight excluding hydrogens is 284 g/mol. The van der Waals surface area contributed by atoms with Gasteiger partial charge in [0.15, 0.2) is 11.0 Å². The van der Waals surface area contributed by atoms with Crippen LogP contribution in [0.1, 0.15) is 0 Å². The zero-order valence-corrected chi connectivity index (χ0v) is 10.7. The molecule has 0 bridgehead atoms. The largest absolute Gasteiger partial charge is 0.399 e. The Bertz CT molecular complexity index is 623. The third-order valence-corrected chi connectivity index (χ3v) is 4.12. The molecule has 2 rings (SSSR count). The normalized spacial score (nSPS) is 11.4. The van der Waals surface area contributed by atoms with E-state index in [0.717, 1.165) is 11.7 Å². The molecule has 0 saturated carbocycles. The van der Waals surface area contributed by atoms with Crippen LogP contribution in [0.3, 0.4) is 0 Å². The Morgan fingerprint density at radius 3 is 2.41 bits per heavy atom. The van der Waals surface area contributed by atoms with E-state index in [2.05, 4.69) is 13.5 Å². The van der Waals surface area contributed by atoms with Crippen LogP contribution in [0.5, 0.6) is 0 Å². The van der Waals surface area contributed by atoms with Crippen molar-refractivity contribution in [2.24, 2.45) is 0 Å². The van der Waals surface area contributed by atoms with Gasteiger partial charge in [-0.25, -0.2) is 8.42 Å². The number of aromatic nitrogens is 2. The van der Waals surface area contributed by atoms with Gasteiger partial charge in [-0.15, -0.1) is 0 Å². The van der Waals surface area contributed by atoms with E-state index in [4.69, 9.17) is 17.3 Å². The Kier molecular flexibility index (Phi) is 3.18. The summed E-state index contributed by atoms with van der Waals surface area (Å²) in [6.45, 7) is 0. The third kappa shape index (κ3) is 2.65. The van der Waals surface area contributed by atoms with Gasteiger partial charge < -0.3 is 5.73 Å². The van der Waals surface area contributed by atoms with Crippen molar-refractivity contribution in [3.63, 3.8) is 0 Å². The SMILES string of the molecule is Nc1ccc(S(=O)(=O)Nc2nsnc2Cl)cc1. The van der Waals surface area contributed by atoms with E-state index in [1.54, 1.807) is 0 Å². The molecule has 90 valence electrons. The maximum Gasteiger partial charge on any atom is 0.263 e. The zero-order chi connectivity index (χ0) is 12.5. The lowest BCUT2D eigenvalue weighted by Crippen LogP contribution is -2.13. The summed E-state index contributed by atoms with van der Waals surface area (Å²) in [4.78, 5) is 0.0794. The molecule has 17 heavy (non-hydrogen) atoms. The van der Waals surface area contributed by atoms with Gasteiger partial charge in [-0.3, -0.25) is 4.72 Å². The van der Waals surface area contributed by atoms with E-state index < -0.39 is 10.0 Å². The number of benzene rings is 1. The van der Waals surface area contributed by atoms with E-state index in [9.17, 15) is 8.42 Å². The number of nitrogens with one attached hydrogen (secondary N) is 1. The topological polar surface area (TPSA) is 98.0 Å². The van der Waals surface area contributed by atoms with Crippen LogP contribution >= 0.6 is 23.3 Å². The van der Waals surface area contributed by atoms with Crippen LogP contribution in [0.15, 0.2) is 29.2 Å². The second-order valence-corrected chi connectivity index (χ2v) is 5.65. The first-order chi connectivity index (χ1) is 7.99. The number of nitrogens with zero attached hydrogens (tertiary/aromatic N) is 2. The number of sulfonamides is 1. The fraction of sp³-hybridized carbons (Fsp3) is 0. The van der Waals surface area contributed by atoms with E-state index in [1.165, 1.54) is 24.3 Å². The average molecular weight is 291 g/mol. The molecule has 1 heterocycles. The summed E-state index contributed by atoms with van der Waals surface area (Å²) >= 11 is 6.47. The van der Waals surface area contributed by atoms with Crippen molar-refractivity contribution < 1.29 is 8.42 Å². The van der Waals surface area contributed by atoms with E-state index >= 15 is 0 Å². The Morgan fingerprint density at radius 1 is 1.24 bits per heavy atom. The Balaban J connectivity index is 2.31. The summed E-state index contributed by atoms with van der Waals surface area (Å²) < 4.78 is 33.4. The van der Waals surface area contributed by atoms with Crippen LogP contribution in [0.25, 0.3) is 0 Å². The molecule has 9 heteroatoms. The van der Waals surface area contributed by atoms with Gasteiger partial charge in [0.25, 0.3) is 10.0 Å². The molecule has 6 nitrogen and oxygen atoms in total. The zero-order valence-electron chi connectivity index (χ0n) is 8.29. The number of rotatable bonds is 3. The predicted molar refractivity (Wildman–Crippen MR) is 66.6 cm³/mol. The number of nitrogen functional groups attached to an aromatic ring is 1. The molecule has 0 radical (unpaired) electrons. The summed E-state index contributed by atoms with van der Waals surface area (Å²) in [6.07, 6.45) is 0. The Hall–Kier alpha value is -1.38. The standard InChI is InChI=1S/C8H7ClN4O2S2/c9-7-8(12-16-11-7)13-17(14,15)6-3-1-5(10)2-4-6/h1-4H,10H2,(H,12,13). The lowest BCUT2D eigenvalue weighted by molar-refractivity contribution is 0.601. The molecule has 0 aliphatic heterocycles.